The van der Waals surface area contributed by atoms with Gasteiger partial charge in [-0.05, 0) is 18.2 Å². The molecular weight excluding hydrogens is 267 g/mol. The van der Waals surface area contributed by atoms with Crippen LogP contribution in [0.5, 0.6) is 0 Å². The van der Waals surface area contributed by atoms with Gasteiger partial charge in [0.25, 0.3) is 0 Å². The van der Waals surface area contributed by atoms with Gasteiger partial charge in [0.1, 0.15) is 6.54 Å². The largest absolute Gasteiger partial charge is 0.342 e. The first-order valence-electron chi connectivity index (χ1n) is 4.35. The quantitative estimate of drug-likeness (QED) is 0.679. The van der Waals surface area contributed by atoms with Crippen molar-refractivity contribution in [1.29, 1.82) is 5.26 Å². The molecule has 0 unspecified atom stereocenters. The van der Waals surface area contributed by atoms with Crippen LogP contribution in [0, 0.1) is 11.3 Å². The number of hydrogen-bond donors (Lipinski definition) is 1. The van der Waals surface area contributed by atoms with Crippen LogP contribution in [-0.4, -0.2) is 18.2 Å². The number of carbonyl (C=O) groups excluding carboxylic acids is 1. The number of carbonyl (C=O) groups is 1. The van der Waals surface area contributed by atoms with Gasteiger partial charge >= 0.3 is 0 Å². The van der Waals surface area contributed by atoms with Gasteiger partial charge in [0, 0.05) is 4.90 Å². The monoisotopic (exact) mass is 274 g/mol. The van der Waals surface area contributed by atoms with E-state index in [0.717, 1.165) is 4.90 Å². The number of rotatable bonds is 4. The van der Waals surface area contributed by atoms with Crippen molar-refractivity contribution in [3.05, 3.63) is 28.2 Å². The maximum absolute atomic E-state index is 11.2. The molecule has 1 amide bonds. The number of amides is 1. The Morgan fingerprint density at radius 3 is 2.81 bits per heavy atom. The summed E-state index contributed by atoms with van der Waals surface area (Å²) >= 11 is 12.9. The van der Waals surface area contributed by atoms with Gasteiger partial charge in [0.05, 0.1) is 21.9 Å². The van der Waals surface area contributed by atoms with E-state index in [2.05, 4.69) is 5.32 Å². The van der Waals surface area contributed by atoms with Gasteiger partial charge in [-0.3, -0.25) is 4.79 Å². The Balaban J connectivity index is 2.46. The molecule has 0 aliphatic rings. The second-order valence-corrected chi connectivity index (χ2v) is 4.66. The van der Waals surface area contributed by atoms with Crippen molar-refractivity contribution in [2.45, 2.75) is 4.90 Å². The van der Waals surface area contributed by atoms with Crippen LogP contribution in [0.25, 0.3) is 0 Å². The van der Waals surface area contributed by atoms with Crippen molar-refractivity contribution in [3.8, 4) is 6.07 Å². The lowest BCUT2D eigenvalue weighted by atomic mass is 10.4. The van der Waals surface area contributed by atoms with Crippen LogP contribution >= 0.6 is 35.0 Å². The molecule has 0 saturated heterocycles. The Kier molecular flexibility index (Phi) is 5.47. The summed E-state index contributed by atoms with van der Waals surface area (Å²) < 4.78 is 0. The van der Waals surface area contributed by atoms with Crippen LogP contribution in [-0.2, 0) is 4.79 Å². The Morgan fingerprint density at radius 2 is 2.19 bits per heavy atom. The molecule has 0 bridgehead atoms. The van der Waals surface area contributed by atoms with E-state index in [1.165, 1.54) is 11.8 Å². The zero-order valence-corrected chi connectivity index (χ0v) is 10.5. The number of nitriles is 1. The molecule has 0 aliphatic carbocycles. The number of halogens is 2. The fraction of sp³-hybridized carbons (Fsp3) is 0.200. The highest BCUT2D eigenvalue weighted by Gasteiger charge is 2.04. The highest BCUT2D eigenvalue weighted by Crippen LogP contribution is 2.27. The topological polar surface area (TPSA) is 52.9 Å². The molecule has 1 aromatic carbocycles. The molecule has 1 N–H and O–H groups in total. The molecule has 0 fully saturated rings. The first-order chi connectivity index (χ1) is 7.63. The third kappa shape index (κ3) is 4.31. The minimum Gasteiger partial charge on any atom is -0.342 e. The van der Waals surface area contributed by atoms with E-state index >= 15 is 0 Å². The minimum atomic E-state index is -0.183. The van der Waals surface area contributed by atoms with Crippen LogP contribution in [0.1, 0.15) is 0 Å². The number of benzene rings is 1. The SMILES string of the molecule is N#CCNC(=O)CSc1ccc(Cl)c(Cl)c1. The third-order valence-corrected chi connectivity index (χ3v) is 3.36. The van der Waals surface area contributed by atoms with Crippen molar-refractivity contribution in [2.75, 3.05) is 12.3 Å². The molecule has 1 aromatic rings. The van der Waals surface area contributed by atoms with Crippen LogP contribution in [0.2, 0.25) is 10.0 Å². The average Bonchev–Trinajstić information content (AvgIpc) is 2.28. The van der Waals surface area contributed by atoms with Gasteiger partial charge < -0.3 is 5.32 Å². The van der Waals surface area contributed by atoms with Crippen LogP contribution in [0.3, 0.4) is 0 Å². The average molecular weight is 275 g/mol. The molecule has 0 spiro atoms. The summed E-state index contributed by atoms with van der Waals surface area (Å²) in [5, 5.41) is 11.7. The molecule has 84 valence electrons. The fourth-order valence-corrected chi connectivity index (χ4v) is 2.03. The first-order valence-corrected chi connectivity index (χ1v) is 6.09. The molecule has 0 radical (unpaired) electrons. The lowest BCUT2D eigenvalue weighted by Gasteiger charge is -2.03. The standard InChI is InChI=1S/C10H8Cl2N2OS/c11-8-2-1-7(5-9(8)12)16-6-10(15)14-4-3-13/h1-2,5H,4,6H2,(H,14,15). The van der Waals surface area contributed by atoms with E-state index in [4.69, 9.17) is 28.5 Å². The summed E-state index contributed by atoms with van der Waals surface area (Å²) in [5.74, 6) is 0.0669. The third-order valence-electron chi connectivity index (χ3n) is 1.63. The van der Waals surface area contributed by atoms with E-state index in [1.807, 2.05) is 6.07 Å². The molecule has 0 heterocycles. The smallest absolute Gasteiger partial charge is 0.231 e. The maximum Gasteiger partial charge on any atom is 0.231 e. The Hall–Kier alpha value is -0.890. The predicted molar refractivity (Wildman–Crippen MR) is 65.8 cm³/mol. The summed E-state index contributed by atoms with van der Waals surface area (Å²) in [6.07, 6.45) is 0. The molecule has 0 saturated carbocycles. The predicted octanol–water partition coefficient (Wildman–Crippen LogP) is 2.73. The summed E-state index contributed by atoms with van der Waals surface area (Å²) in [6.45, 7) is 0.0285. The van der Waals surface area contributed by atoms with Gasteiger partial charge in [0.15, 0.2) is 0 Å². The number of nitrogens with zero attached hydrogens (tertiary/aromatic N) is 1. The van der Waals surface area contributed by atoms with Crippen LogP contribution in [0.15, 0.2) is 23.1 Å². The zero-order chi connectivity index (χ0) is 12.0. The summed E-state index contributed by atoms with van der Waals surface area (Å²) in [4.78, 5) is 12.0. The minimum absolute atomic E-state index is 0.0285. The highest BCUT2D eigenvalue weighted by atomic mass is 35.5. The first kappa shape index (κ1) is 13.2. The number of nitrogens with one attached hydrogen (secondary N) is 1. The molecule has 0 aliphatic heterocycles. The summed E-state index contributed by atoms with van der Waals surface area (Å²) in [6, 6.07) is 7.00. The van der Waals surface area contributed by atoms with Crippen molar-refractivity contribution >= 4 is 40.9 Å². The van der Waals surface area contributed by atoms with Gasteiger partial charge in [-0.2, -0.15) is 5.26 Å². The van der Waals surface area contributed by atoms with Crippen LogP contribution in [0.4, 0.5) is 0 Å². The van der Waals surface area contributed by atoms with Crippen molar-refractivity contribution in [2.24, 2.45) is 0 Å². The molecule has 16 heavy (non-hydrogen) atoms. The molecule has 0 atom stereocenters. The van der Waals surface area contributed by atoms with E-state index in [1.54, 1.807) is 18.2 Å². The normalized spacial score (nSPS) is 9.56. The lowest BCUT2D eigenvalue weighted by Crippen LogP contribution is -2.25. The molecule has 1 rings (SSSR count). The fourth-order valence-electron chi connectivity index (χ4n) is 0.905. The Labute approximate surface area is 108 Å². The molecule has 0 aromatic heterocycles. The van der Waals surface area contributed by atoms with E-state index in [-0.39, 0.29) is 18.2 Å². The molecule has 3 nitrogen and oxygen atoms in total. The van der Waals surface area contributed by atoms with Gasteiger partial charge in [-0.1, -0.05) is 23.2 Å². The van der Waals surface area contributed by atoms with E-state index in [9.17, 15) is 4.79 Å². The second-order valence-electron chi connectivity index (χ2n) is 2.80. The van der Waals surface area contributed by atoms with Gasteiger partial charge in [-0.25, -0.2) is 0 Å². The molecule has 6 heteroatoms. The maximum atomic E-state index is 11.2. The second kappa shape index (κ2) is 6.64. The Morgan fingerprint density at radius 1 is 1.44 bits per heavy atom. The number of thioether (sulfide) groups is 1. The van der Waals surface area contributed by atoms with Crippen molar-refractivity contribution in [3.63, 3.8) is 0 Å². The highest BCUT2D eigenvalue weighted by molar-refractivity contribution is 8.00. The van der Waals surface area contributed by atoms with Crippen LogP contribution < -0.4 is 5.32 Å². The van der Waals surface area contributed by atoms with Gasteiger partial charge in [0.2, 0.25) is 5.91 Å². The molecular formula is C10H8Cl2N2OS. The van der Waals surface area contributed by atoms with E-state index in [0.29, 0.717) is 10.0 Å². The van der Waals surface area contributed by atoms with Crippen molar-refractivity contribution in [1.82, 2.24) is 5.32 Å². The Bertz CT molecular complexity index is 431. The van der Waals surface area contributed by atoms with Gasteiger partial charge in [-0.15, -0.1) is 11.8 Å². The zero-order valence-electron chi connectivity index (χ0n) is 8.17. The van der Waals surface area contributed by atoms with Crippen molar-refractivity contribution < 1.29 is 4.79 Å². The summed E-state index contributed by atoms with van der Waals surface area (Å²) in [5.41, 5.74) is 0. The number of hydrogen-bond acceptors (Lipinski definition) is 3. The van der Waals surface area contributed by atoms with E-state index < -0.39 is 0 Å². The lowest BCUT2D eigenvalue weighted by molar-refractivity contribution is -0.118. The summed E-state index contributed by atoms with van der Waals surface area (Å²) in [7, 11) is 0.